The summed E-state index contributed by atoms with van der Waals surface area (Å²) in [5.74, 6) is 6.30. The normalized spacial score (nSPS) is 9.88. The molecule has 2 aromatic rings. The molecule has 0 saturated carbocycles. The van der Waals surface area contributed by atoms with Gasteiger partial charge in [-0.2, -0.15) is 0 Å². The lowest BCUT2D eigenvalue weighted by atomic mass is 10.1. The van der Waals surface area contributed by atoms with Gasteiger partial charge in [-0.1, -0.05) is 62.5 Å². The fourth-order valence-electron chi connectivity index (χ4n) is 2.64. The highest BCUT2D eigenvalue weighted by molar-refractivity contribution is 5.86. The average molecular weight is 345 g/mol. The van der Waals surface area contributed by atoms with E-state index < -0.39 is 0 Å². The quantitative estimate of drug-likeness (QED) is 0.421. The van der Waals surface area contributed by atoms with Crippen LogP contribution in [0.5, 0.6) is 0 Å². The Bertz CT molecular complexity index is 761. The third-order valence-electron chi connectivity index (χ3n) is 4.23. The number of amides is 1. The molecule has 0 radical (unpaired) electrons. The fourth-order valence-corrected chi connectivity index (χ4v) is 2.64. The van der Waals surface area contributed by atoms with E-state index in [-0.39, 0.29) is 5.91 Å². The van der Waals surface area contributed by atoms with Crippen LogP contribution < -0.4 is 5.32 Å². The van der Waals surface area contributed by atoms with Gasteiger partial charge in [0.05, 0.1) is 0 Å². The lowest BCUT2D eigenvalue weighted by Crippen LogP contribution is -2.23. The van der Waals surface area contributed by atoms with Crippen molar-refractivity contribution in [1.29, 1.82) is 0 Å². The molecule has 0 spiro atoms. The molecule has 0 unspecified atom stereocenters. The van der Waals surface area contributed by atoms with E-state index in [1.807, 2.05) is 12.1 Å². The van der Waals surface area contributed by atoms with Crippen molar-refractivity contribution in [2.24, 2.45) is 0 Å². The second-order valence-electron chi connectivity index (χ2n) is 6.35. The highest BCUT2D eigenvalue weighted by Gasteiger charge is 1.96. The first-order chi connectivity index (χ1) is 12.7. The Labute approximate surface area is 157 Å². The van der Waals surface area contributed by atoms with Crippen LogP contribution in [0.2, 0.25) is 0 Å². The first-order valence-corrected chi connectivity index (χ1v) is 9.31. The highest BCUT2D eigenvalue weighted by Crippen LogP contribution is 2.09. The number of hydrogen-bond acceptors (Lipinski definition) is 1. The molecule has 2 rings (SSSR count). The van der Waals surface area contributed by atoms with E-state index in [9.17, 15) is 4.79 Å². The van der Waals surface area contributed by atoms with Crippen LogP contribution in [0, 0.1) is 11.8 Å². The van der Waals surface area contributed by atoms with Crippen LogP contribution >= 0.6 is 0 Å². The summed E-state index contributed by atoms with van der Waals surface area (Å²) in [4.78, 5) is 11.1. The van der Waals surface area contributed by atoms with Crippen LogP contribution in [0.1, 0.15) is 48.4 Å². The summed E-state index contributed by atoms with van der Waals surface area (Å²) in [6.07, 6.45) is 7.04. The topological polar surface area (TPSA) is 29.1 Å². The molecule has 2 nitrogen and oxygen atoms in total. The Kier molecular flexibility index (Phi) is 8.23. The van der Waals surface area contributed by atoms with Gasteiger partial charge in [0, 0.05) is 17.7 Å². The van der Waals surface area contributed by atoms with Gasteiger partial charge in [0.15, 0.2) is 0 Å². The van der Waals surface area contributed by atoms with E-state index in [2.05, 4.69) is 67.1 Å². The zero-order valence-corrected chi connectivity index (χ0v) is 15.6. The monoisotopic (exact) mass is 345 g/mol. The average Bonchev–Trinajstić information content (AvgIpc) is 2.68. The molecule has 0 aromatic heterocycles. The molecule has 0 atom stereocenters. The first-order valence-electron chi connectivity index (χ1n) is 9.31. The lowest BCUT2D eigenvalue weighted by Gasteiger charge is -2.02. The first kappa shape index (κ1) is 19.5. The smallest absolute Gasteiger partial charge is 0.243 e. The maximum atomic E-state index is 11.1. The van der Waals surface area contributed by atoms with E-state index in [4.69, 9.17) is 0 Å². The summed E-state index contributed by atoms with van der Waals surface area (Å²) in [5, 5.41) is 2.78. The predicted octanol–water partition coefficient (Wildman–Crippen LogP) is 4.66. The van der Waals surface area contributed by atoms with Gasteiger partial charge in [-0.05, 0) is 60.7 Å². The summed E-state index contributed by atoms with van der Waals surface area (Å²) in [5.41, 5.74) is 4.60. The minimum atomic E-state index is -0.135. The van der Waals surface area contributed by atoms with Gasteiger partial charge in [-0.3, -0.25) is 4.79 Å². The number of carbonyl (C=O) groups excluding carboxylic acids is 1. The van der Waals surface area contributed by atoms with Crippen LogP contribution in [-0.2, 0) is 17.6 Å². The van der Waals surface area contributed by atoms with Gasteiger partial charge in [0.1, 0.15) is 0 Å². The van der Waals surface area contributed by atoms with Crippen molar-refractivity contribution in [3.05, 3.63) is 83.4 Å². The van der Waals surface area contributed by atoms with Crippen LogP contribution in [0.25, 0.3) is 0 Å². The molecule has 0 heterocycles. The lowest BCUT2D eigenvalue weighted by molar-refractivity contribution is -0.116. The number of rotatable bonds is 8. The van der Waals surface area contributed by atoms with Crippen LogP contribution in [-0.4, -0.2) is 12.5 Å². The second kappa shape index (κ2) is 10.9. The molecular formula is C24H27NO. The van der Waals surface area contributed by atoms with E-state index in [1.54, 1.807) is 0 Å². The second-order valence-corrected chi connectivity index (χ2v) is 6.35. The zero-order valence-electron chi connectivity index (χ0n) is 15.6. The largest absolute Gasteiger partial charge is 0.352 e. The third kappa shape index (κ3) is 6.99. The van der Waals surface area contributed by atoms with Crippen molar-refractivity contribution >= 4 is 5.91 Å². The van der Waals surface area contributed by atoms with E-state index >= 15 is 0 Å². The minimum absolute atomic E-state index is 0.135. The van der Waals surface area contributed by atoms with Crippen molar-refractivity contribution in [3.8, 4) is 11.8 Å². The van der Waals surface area contributed by atoms with E-state index in [0.29, 0.717) is 6.54 Å². The molecule has 0 aliphatic rings. The molecule has 1 amide bonds. The number of benzene rings is 2. The summed E-state index contributed by atoms with van der Waals surface area (Å²) in [6.45, 7) is 6.28. The maximum Gasteiger partial charge on any atom is 0.243 e. The maximum absolute atomic E-state index is 11.1. The number of aryl methyl sites for hydroxylation is 1. The minimum Gasteiger partial charge on any atom is -0.352 e. The SMILES string of the molecule is C=CC(=O)NCCc1ccc(C#Cc2ccc(CCCCC)cc2)cc1. The Hall–Kier alpha value is -2.79. The van der Waals surface area contributed by atoms with E-state index in [0.717, 1.165) is 24.0 Å². The molecule has 2 heteroatoms. The zero-order chi connectivity index (χ0) is 18.6. The molecular weight excluding hydrogens is 318 g/mol. The van der Waals surface area contributed by atoms with Crippen molar-refractivity contribution < 1.29 is 4.79 Å². The Balaban J connectivity index is 1.87. The van der Waals surface area contributed by atoms with Crippen LogP contribution in [0.3, 0.4) is 0 Å². The number of carbonyl (C=O) groups is 1. The van der Waals surface area contributed by atoms with Gasteiger partial charge in [0.2, 0.25) is 5.91 Å². The molecule has 2 aromatic carbocycles. The number of unbranched alkanes of at least 4 members (excludes halogenated alkanes) is 2. The van der Waals surface area contributed by atoms with Gasteiger partial charge < -0.3 is 5.32 Å². The molecule has 0 saturated heterocycles. The van der Waals surface area contributed by atoms with Crippen molar-refractivity contribution in [2.45, 2.75) is 39.0 Å². The summed E-state index contributed by atoms with van der Waals surface area (Å²) < 4.78 is 0. The Morgan fingerprint density at radius 1 is 0.923 bits per heavy atom. The van der Waals surface area contributed by atoms with Gasteiger partial charge >= 0.3 is 0 Å². The molecule has 0 aliphatic heterocycles. The van der Waals surface area contributed by atoms with Gasteiger partial charge in [-0.25, -0.2) is 0 Å². The predicted molar refractivity (Wildman–Crippen MR) is 109 cm³/mol. The summed E-state index contributed by atoms with van der Waals surface area (Å²) in [6, 6.07) is 16.7. The van der Waals surface area contributed by atoms with Crippen molar-refractivity contribution in [2.75, 3.05) is 6.54 Å². The van der Waals surface area contributed by atoms with Crippen LogP contribution in [0.4, 0.5) is 0 Å². The molecule has 0 bridgehead atoms. The molecule has 1 N–H and O–H groups in total. The molecule has 134 valence electrons. The summed E-state index contributed by atoms with van der Waals surface area (Å²) in [7, 11) is 0. The van der Waals surface area contributed by atoms with Crippen molar-refractivity contribution in [3.63, 3.8) is 0 Å². The standard InChI is InChI=1S/C24H27NO/c1-3-5-6-7-20-8-10-21(11-9-20)12-13-22-14-16-23(17-15-22)18-19-25-24(26)4-2/h4,8-11,14-17H,2-3,5-7,18-19H2,1H3,(H,25,26). The van der Waals surface area contributed by atoms with Crippen molar-refractivity contribution in [1.82, 2.24) is 5.32 Å². The fraction of sp³-hybridized carbons (Fsp3) is 0.292. The molecule has 0 aliphatic carbocycles. The molecule has 0 fully saturated rings. The summed E-state index contributed by atoms with van der Waals surface area (Å²) >= 11 is 0. The Morgan fingerprint density at radius 2 is 1.46 bits per heavy atom. The number of hydrogen-bond donors (Lipinski definition) is 1. The van der Waals surface area contributed by atoms with E-state index in [1.165, 1.54) is 36.5 Å². The van der Waals surface area contributed by atoms with Gasteiger partial charge in [0.25, 0.3) is 0 Å². The number of nitrogens with one attached hydrogen (secondary N) is 1. The van der Waals surface area contributed by atoms with Crippen LogP contribution in [0.15, 0.2) is 61.2 Å². The highest BCUT2D eigenvalue weighted by atomic mass is 16.1. The molecule has 26 heavy (non-hydrogen) atoms. The third-order valence-corrected chi connectivity index (χ3v) is 4.23. The van der Waals surface area contributed by atoms with Gasteiger partial charge in [-0.15, -0.1) is 0 Å². The Morgan fingerprint density at radius 3 is 1.96 bits per heavy atom.